The summed E-state index contributed by atoms with van der Waals surface area (Å²) in [5.41, 5.74) is 1.03. The molecule has 6 heteroatoms. The summed E-state index contributed by atoms with van der Waals surface area (Å²) in [5.74, 6) is 2.45. The summed E-state index contributed by atoms with van der Waals surface area (Å²) in [6, 6.07) is 0. The molecule has 5 saturated carbocycles. The summed E-state index contributed by atoms with van der Waals surface area (Å²) in [5, 5.41) is 8.96. The van der Waals surface area contributed by atoms with E-state index in [1.165, 1.54) is 51.4 Å². The van der Waals surface area contributed by atoms with Crippen molar-refractivity contribution in [2.75, 3.05) is 6.61 Å². The zero-order valence-electron chi connectivity index (χ0n) is 28.4. The fourth-order valence-corrected chi connectivity index (χ4v) is 13.0. The minimum Gasteiger partial charge on any atom is -0.481 e. The van der Waals surface area contributed by atoms with Crippen LogP contribution in [0.4, 0.5) is 0 Å². The zero-order valence-corrected chi connectivity index (χ0v) is 28.4. The third-order valence-corrected chi connectivity index (χ3v) is 15.2. The van der Waals surface area contributed by atoms with Crippen molar-refractivity contribution in [3.63, 3.8) is 0 Å². The Morgan fingerprint density at radius 1 is 0.814 bits per heavy atom. The van der Waals surface area contributed by atoms with Crippen molar-refractivity contribution in [1.82, 2.24) is 0 Å². The van der Waals surface area contributed by atoms with E-state index < -0.39 is 5.97 Å². The lowest BCUT2D eigenvalue weighted by Crippen LogP contribution is -2.66. The summed E-state index contributed by atoms with van der Waals surface area (Å²) >= 11 is 0. The second-order valence-corrected chi connectivity index (χ2v) is 17.3. The molecule has 0 saturated heterocycles. The Morgan fingerprint density at radius 3 is 2.19 bits per heavy atom. The third-order valence-electron chi connectivity index (χ3n) is 15.2. The maximum Gasteiger partial charge on any atom is 0.306 e. The number of carbonyl (C=O) groups is 3. The van der Waals surface area contributed by atoms with Gasteiger partial charge in [-0.2, -0.15) is 0 Å². The smallest absolute Gasteiger partial charge is 0.306 e. The van der Waals surface area contributed by atoms with Crippen molar-refractivity contribution in [2.45, 2.75) is 145 Å². The van der Waals surface area contributed by atoms with E-state index in [4.69, 9.17) is 14.6 Å². The van der Waals surface area contributed by atoms with Crippen molar-refractivity contribution < 1.29 is 29.0 Å². The Balaban J connectivity index is 1.40. The van der Waals surface area contributed by atoms with Gasteiger partial charge in [-0.3, -0.25) is 14.4 Å². The number of carboxylic acids is 1. The van der Waals surface area contributed by atoms with Crippen LogP contribution in [0.3, 0.4) is 0 Å². The summed E-state index contributed by atoms with van der Waals surface area (Å²) in [7, 11) is 0. The van der Waals surface area contributed by atoms with E-state index >= 15 is 0 Å². The molecule has 0 bridgehead atoms. The maximum atomic E-state index is 12.3. The number of aliphatic carboxylic acids is 1. The lowest BCUT2D eigenvalue weighted by Gasteiger charge is -2.73. The number of esters is 2. The van der Waals surface area contributed by atoms with Crippen LogP contribution in [0.2, 0.25) is 0 Å². The number of carboxylic acid groups (broad SMARTS) is 1. The lowest BCUT2D eigenvalue weighted by atomic mass is 9.32. The van der Waals surface area contributed by atoms with E-state index in [-0.39, 0.29) is 58.0 Å². The minimum absolute atomic E-state index is 0.0122. The first-order chi connectivity index (χ1) is 20.0. The van der Waals surface area contributed by atoms with Crippen LogP contribution in [0.25, 0.3) is 0 Å². The SMILES string of the molecule is CC(=O)O[C@@H]1CC[C@]2(C)[C@H](CC[C@@]3(C)[C@H]2CC[C@@H]2[C@H]4[C@H](C(C)C)CC[C@@]4(CCOC(=O)CCC(=O)O)CC[C@]23C)C1(C)C. The monoisotopic (exact) mass is 600 g/mol. The topological polar surface area (TPSA) is 89.9 Å². The largest absolute Gasteiger partial charge is 0.481 e. The Labute approximate surface area is 260 Å². The van der Waals surface area contributed by atoms with Crippen molar-refractivity contribution in [3.05, 3.63) is 0 Å². The van der Waals surface area contributed by atoms with Gasteiger partial charge < -0.3 is 14.6 Å². The highest BCUT2D eigenvalue weighted by Gasteiger charge is 2.71. The highest BCUT2D eigenvalue weighted by molar-refractivity contribution is 5.76. The highest BCUT2D eigenvalue weighted by atomic mass is 16.5. The van der Waals surface area contributed by atoms with Gasteiger partial charge in [-0.05, 0) is 128 Å². The quantitative estimate of drug-likeness (QED) is 0.281. The van der Waals surface area contributed by atoms with Crippen LogP contribution in [0.15, 0.2) is 0 Å². The lowest BCUT2D eigenvalue weighted by molar-refractivity contribution is -0.252. The van der Waals surface area contributed by atoms with Gasteiger partial charge in [0.15, 0.2) is 0 Å². The molecule has 0 aromatic heterocycles. The molecule has 1 N–H and O–H groups in total. The van der Waals surface area contributed by atoms with Gasteiger partial charge in [0.05, 0.1) is 19.4 Å². The Bertz CT molecular complexity index is 1100. The molecule has 5 aliphatic carbocycles. The van der Waals surface area contributed by atoms with E-state index in [0.29, 0.717) is 42.1 Å². The van der Waals surface area contributed by atoms with Gasteiger partial charge in [0.25, 0.3) is 0 Å². The van der Waals surface area contributed by atoms with E-state index in [2.05, 4.69) is 48.5 Å². The van der Waals surface area contributed by atoms with Crippen LogP contribution in [0.1, 0.15) is 139 Å². The molecule has 6 nitrogen and oxygen atoms in total. The van der Waals surface area contributed by atoms with Crippen molar-refractivity contribution >= 4 is 17.9 Å². The van der Waals surface area contributed by atoms with Gasteiger partial charge >= 0.3 is 17.9 Å². The molecule has 0 aromatic rings. The molecule has 43 heavy (non-hydrogen) atoms. The average molecular weight is 601 g/mol. The number of hydrogen-bond acceptors (Lipinski definition) is 5. The molecule has 0 amide bonds. The first-order valence-corrected chi connectivity index (χ1v) is 17.6. The minimum atomic E-state index is -0.953. The van der Waals surface area contributed by atoms with Crippen LogP contribution in [0.5, 0.6) is 0 Å². The number of rotatable bonds is 8. The Kier molecular flexibility index (Phi) is 8.64. The predicted octanol–water partition coefficient (Wildman–Crippen LogP) is 8.45. The number of ether oxygens (including phenoxy) is 2. The molecule has 5 rings (SSSR count). The van der Waals surface area contributed by atoms with Crippen LogP contribution in [-0.2, 0) is 23.9 Å². The third kappa shape index (κ3) is 5.17. The van der Waals surface area contributed by atoms with Gasteiger partial charge in [0.1, 0.15) is 6.10 Å². The van der Waals surface area contributed by atoms with Gasteiger partial charge in [-0.25, -0.2) is 0 Å². The maximum absolute atomic E-state index is 12.3. The first kappa shape index (κ1) is 32.8. The summed E-state index contributed by atoms with van der Waals surface area (Å²) in [4.78, 5) is 35.2. The average Bonchev–Trinajstić information content (AvgIpc) is 3.29. The van der Waals surface area contributed by atoms with Crippen LogP contribution < -0.4 is 0 Å². The first-order valence-electron chi connectivity index (χ1n) is 17.6. The molecule has 5 fully saturated rings. The highest BCUT2D eigenvalue weighted by Crippen LogP contribution is 2.78. The van der Waals surface area contributed by atoms with Crippen LogP contribution >= 0.6 is 0 Å². The van der Waals surface area contributed by atoms with Crippen LogP contribution in [0, 0.1) is 62.6 Å². The van der Waals surface area contributed by atoms with Crippen LogP contribution in [-0.4, -0.2) is 35.7 Å². The Morgan fingerprint density at radius 2 is 1.53 bits per heavy atom. The van der Waals surface area contributed by atoms with E-state index in [9.17, 15) is 14.4 Å². The zero-order chi connectivity index (χ0) is 31.6. The standard InChI is InChI=1S/C37H60O6/c1-23(2)25-13-18-37(21-22-42-31(41)12-11-30(39)40)20-19-35(7)26(32(25)37)9-10-28-34(6)16-15-29(43-24(3)38)33(4,5)27(34)14-17-36(28,35)8/h23,25-29,32H,9-22H2,1-8H3,(H,39,40)/t25-,26+,27+,28-,29+,32+,34+,35+,36-,37-/m0/s1. The molecule has 0 aromatic carbocycles. The number of hydrogen-bond donors (Lipinski definition) is 1. The van der Waals surface area contributed by atoms with E-state index in [1.54, 1.807) is 6.92 Å². The predicted molar refractivity (Wildman–Crippen MR) is 167 cm³/mol. The van der Waals surface area contributed by atoms with Gasteiger partial charge in [0, 0.05) is 12.3 Å². The molecule has 0 heterocycles. The second-order valence-electron chi connectivity index (χ2n) is 17.3. The summed E-state index contributed by atoms with van der Waals surface area (Å²) < 4.78 is 11.6. The van der Waals surface area contributed by atoms with Gasteiger partial charge in [0.2, 0.25) is 0 Å². The summed E-state index contributed by atoms with van der Waals surface area (Å²) in [6.07, 6.45) is 12.9. The van der Waals surface area contributed by atoms with Gasteiger partial charge in [-0.15, -0.1) is 0 Å². The molecule has 244 valence electrons. The van der Waals surface area contributed by atoms with Gasteiger partial charge in [-0.1, -0.05) is 48.5 Å². The molecule has 10 atom stereocenters. The molecule has 0 unspecified atom stereocenters. The normalized spacial score (nSPS) is 44.9. The fourth-order valence-electron chi connectivity index (χ4n) is 13.0. The molecule has 0 radical (unpaired) electrons. The van der Waals surface area contributed by atoms with E-state index in [1.807, 2.05) is 0 Å². The number of carbonyl (C=O) groups excluding carboxylic acids is 2. The van der Waals surface area contributed by atoms with Crippen molar-refractivity contribution in [2.24, 2.45) is 62.6 Å². The number of fused-ring (bicyclic) bond motifs is 7. The second kappa shape index (κ2) is 11.3. The van der Waals surface area contributed by atoms with E-state index in [0.717, 1.165) is 19.3 Å². The fraction of sp³-hybridized carbons (Fsp3) is 0.919. The molecular formula is C37H60O6. The Hall–Kier alpha value is -1.59. The van der Waals surface area contributed by atoms with Crippen molar-refractivity contribution in [1.29, 1.82) is 0 Å². The van der Waals surface area contributed by atoms with Crippen molar-refractivity contribution in [3.8, 4) is 0 Å². The molecule has 5 aliphatic rings. The molecular weight excluding hydrogens is 540 g/mol. The summed E-state index contributed by atoms with van der Waals surface area (Å²) in [6.45, 7) is 19.5. The molecule has 0 aliphatic heterocycles. The molecule has 0 spiro atoms.